The first kappa shape index (κ1) is 18.5. The third kappa shape index (κ3) is 3.25. The molecule has 0 aliphatic carbocycles. The molecule has 0 radical (unpaired) electrons. The van der Waals surface area contributed by atoms with Gasteiger partial charge in [0.25, 0.3) is 5.56 Å². The molecule has 1 aliphatic heterocycles. The Balaban J connectivity index is 1.63. The molecule has 0 atom stereocenters. The van der Waals surface area contributed by atoms with Crippen molar-refractivity contribution in [2.45, 2.75) is 24.8 Å². The number of ether oxygens (including phenoxy) is 1. The third-order valence-corrected chi connectivity index (χ3v) is 6.66. The number of nitrogens with zero attached hydrogens (tertiary/aromatic N) is 2. The number of fused-ring (bicyclic) bond motifs is 1. The van der Waals surface area contributed by atoms with Crippen LogP contribution in [0.15, 0.2) is 64.3 Å². The topological polar surface area (TPSA) is 84.4 Å². The molecule has 4 rings (SSSR count). The summed E-state index contributed by atoms with van der Waals surface area (Å²) in [5.41, 5.74) is 1.78. The van der Waals surface area contributed by atoms with Gasteiger partial charge in [0.1, 0.15) is 5.75 Å². The molecule has 2 aromatic carbocycles. The maximum atomic E-state index is 13.0. The van der Waals surface area contributed by atoms with Crippen molar-refractivity contribution in [1.82, 2.24) is 14.1 Å². The van der Waals surface area contributed by atoms with Crippen molar-refractivity contribution in [2.75, 3.05) is 13.2 Å². The zero-order chi connectivity index (χ0) is 19.7. The number of hydrogen-bond acceptors (Lipinski definition) is 4. The number of H-pyrrole nitrogens is 1. The lowest BCUT2D eigenvalue weighted by Crippen LogP contribution is -2.37. The molecular weight excluding hydrogens is 378 g/mol. The fraction of sp³-hybridized carbons (Fsp3) is 0.250. The summed E-state index contributed by atoms with van der Waals surface area (Å²) in [4.78, 5) is 13.0. The molecule has 1 aromatic heterocycles. The molecule has 0 saturated carbocycles. The Morgan fingerprint density at radius 3 is 2.46 bits per heavy atom. The minimum absolute atomic E-state index is 0.0556. The van der Waals surface area contributed by atoms with Crippen molar-refractivity contribution in [3.8, 4) is 11.4 Å². The summed E-state index contributed by atoms with van der Waals surface area (Å²) in [5, 5.41) is 3.12. The highest BCUT2D eigenvalue weighted by molar-refractivity contribution is 7.89. The average molecular weight is 399 g/mol. The molecule has 0 spiro atoms. The normalized spacial score (nSPS) is 14.6. The van der Waals surface area contributed by atoms with Crippen LogP contribution in [0.25, 0.3) is 5.69 Å². The highest BCUT2D eigenvalue weighted by Gasteiger charge is 2.31. The molecule has 0 amide bonds. The van der Waals surface area contributed by atoms with Crippen LogP contribution in [0, 0.1) is 0 Å². The smallest absolute Gasteiger partial charge is 0.276 e. The van der Waals surface area contributed by atoms with Crippen LogP contribution in [-0.4, -0.2) is 35.7 Å². The number of sulfonamides is 1. The van der Waals surface area contributed by atoms with Crippen LogP contribution in [0.3, 0.4) is 0 Å². The zero-order valence-electron chi connectivity index (χ0n) is 15.5. The first-order valence-electron chi connectivity index (χ1n) is 9.12. The maximum absolute atomic E-state index is 13.0. The van der Waals surface area contributed by atoms with E-state index in [1.54, 1.807) is 12.1 Å². The van der Waals surface area contributed by atoms with E-state index in [1.165, 1.54) is 21.1 Å². The highest BCUT2D eigenvalue weighted by atomic mass is 32.2. The summed E-state index contributed by atoms with van der Waals surface area (Å²) in [6.07, 6.45) is 0.459. The van der Waals surface area contributed by atoms with Crippen LogP contribution in [0.2, 0.25) is 0 Å². The van der Waals surface area contributed by atoms with Crippen LogP contribution < -0.4 is 10.3 Å². The van der Waals surface area contributed by atoms with Gasteiger partial charge in [-0.05, 0) is 43.3 Å². The van der Waals surface area contributed by atoms with E-state index < -0.39 is 10.0 Å². The van der Waals surface area contributed by atoms with Crippen molar-refractivity contribution < 1.29 is 13.2 Å². The SMILES string of the molecule is CCOc1ccc(S(=O)(=O)N2CCc3[nH]n(-c4ccccc4)c(=O)c3C2)cc1. The van der Waals surface area contributed by atoms with E-state index in [-0.39, 0.29) is 17.0 Å². The Bertz CT molecular complexity index is 1130. The van der Waals surface area contributed by atoms with Gasteiger partial charge in [0.2, 0.25) is 10.0 Å². The van der Waals surface area contributed by atoms with Crippen molar-refractivity contribution in [3.05, 3.63) is 76.2 Å². The third-order valence-electron chi connectivity index (χ3n) is 4.80. The summed E-state index contributed by atoms with van der Waals surface area (Å²) in [6, 6.07) is 15.6. The molecule has 0 bridgehead atoms. The summed E-state index contributed by atoms with van der Waals surface area (Å²) >= 11 is 0. The largest absolute Gasteiger partial charge is 0.494 e. The standard InChI is InChI=1S/C20H21N3O4S/c1-2-27-16-8-10-17(11-9-16)28(25,26)22-13-12-19-18(14-22)20(24)23(21-19)15-6-4-3-5-7-15/h3-11,21H,2,12-14H2,1H3. The molecule has 0 unspecified atom stereocenters. The molecule has 2 heterocycles. The first-order valence-corrected chi connectivity index (χ1v) is 10.6. The van der Waals surface area contributed by atoms with Crippen molar-refractivity contribution in [1.29, 1.82) is 0 Å². The Labute approximate surface area is 163 Å². The Hall–Kier alpha value is -2.84. The fourth-order valence-corrected chi connectivity index (χ4v) is 4.78. The Morgan fingerprint density at radius 2 is 1.79 bits per heavy atom. The fourth-order valence-electron chi connectivity index (χ4n) is 3.37. The molecule has 28 heavy (non-hydrogen) atoms. The molecule has 146 valence electrons. The van der Waals surface area contributed by atoms with Crippen LogP contribution in [0.5, 0.6) is 5.75 Å². The van der Waals surface area contributed by atoms with E-state index in [0.717, 1.165) is 11.4 Å². The van der Waals surface area contributed by atoms with E-state index in [4.69, 9.17) is 4.74 Å². The lowest BCUT2D eigenvalue weighted by molar-refractivity contribution is 0.340. The molecular formula is C20H21N3O4S. The van der Waals surface area contributed by atoms with Crippen LogP contribution in [0.1, 0.15) is 18.2 Å². The second-order valence-corrected chi connectivity index (χ2v) is 8.48. The monoisotopic (exact) mass is 399 g/mol. The summed E-state index contributed by atoms with van der Waals surface area (Å²) in [5.74, 6) is 0.624. The quantitative estimate of drug-likeness (QED) is 0.714. The van der Waals surface area contributed by atoms with Gasteiger partial charge in [-0.15, -0.1) is 0 Å². The van der Waals surface area contributed by atoms with Crippen molar-refractivity contribution >= 4 is 10.0 Å². The molecule has 0 saturated heterocycles. The van der Waals surface area contributed by atoms with Crippen molar-refractivity contribution in [2.24, 2.45) is 0 Å². The van der Waals surface area contributed by atoms with Crippen LogP contribution in [-0.2, 0) is 23.0 Å². The summed E-state index contributed by atoms with van der Waals surface area (Å²) in [7, 11) is -3.69. The molecule has 0 fully saturated rings. The summed E-state index contributed by atoms with van der Waals surface area (Å²) in [6.45, 7) is 2.76. The minimum atomic E-state index is -3.69. The predicted octanol–water partition coefficient (Wildman–Crippen LogP) is 2.31. The number of aromatic amines is 1. The van der Waals surface area contributed by atoms with Gasteiger partial charge >= 0.3 is 0 Å². The van der Waals surface area contributed by atoms with Gasteiger partial charge < -0.3 is 4.74 Å². The van der Waals surface area contributed by atoms with Gasteiger partial charge in [-0.2, -0.15) is 4.31 Å². The lowest BCUT2D eigenvalue weighted by atomic mass is 10.1. The minimum Gasteiger partial charge on any atom is -0.494 e. The van der Waals surface area contributed by atoms with E-state index >= 15 is 0 Å². The Morgan fingerprint density at radius 1 is 1.07 bits per heavy atom. The predicted molar refractivity (Wildman–Crippen MR) is 105 cm³/mol. The number of rotatable bonds is 5. The number of para-hydroxylation sites is 1. The second kappa shape index (κ2) is 7.29. The molecule has 1 aliphatic rings. The van der Waals surface area contributed by atoms with Crippen LogP contribution >= 0.6 is 0 Å². The number of nitrogens with one attached hydrogen (secondary N) is 1. The summed E-state index contributed by atoms with van der Waals surface area (Å²) < 4.78 is 34.2. The number of aromatic nitrogens is 2. The van der Waals surface area contributed by atoms with E-state index in [2.05, 4.69) is 5.10 Å². The van der Waals surface area contributed by atoms with Crippen molar-refractivity contribution in [3.63, 3.8) is 0 Å². The number of benzene rings is 2. The lowest BCUT2D eigenvalue weighted by Gasteiger charge is -2.25. The average Bonchev–Trinajstić information content (AvgIpc) is 3.05. The molecule has 7 nitrogen and oxygen atoms in total. The molecule has 8 heteroatoms. The first-order chi connectivity index (χ1) is 13.5. The van der Waals surface area contributed by atoms with Crippen LogP contribution in [0.4, 0.5) is 0 Å². The zero-order valence-corrected chi connectivity index (χ0v) is 16.3. The van der Waals surface area contributed by atoms with E-state index in [1.807, 2.05) is 37.3 Å². The Kier molecular flexibility index (Phi) is 4.82. The van der Waals surface area contributed by atoms with Gasteiger partial charge in [-0.1, -0.05) is 18.2 Å². The highest BCUT2D eigenvalue weighted by Crippen LogP contribution is 2.24. The second-order valence-electron chi connectivity index (χ2n) is 6.54. The van der Waals surface area contributed by atoms with Gasteiger partial charge in [0, 0.05) is 25.2 Å². The van der Waals surface area contributed by atoms with Gasteiger partial charge in [0.05, 0.1) is 22.8 Å². The van der Waals surface area contributed by atoms with E-state index in [9.17, 15) is 13.2 Å². The van der Waals surface area contributed by atoms with Gasteiger partial charge in [-0.3, -0.25) is 9.89 Å². The number of hydrogen-bond donors (Lipinski definition) is 1. The van der Waals surface area contributed by atoms with E-state index in [0.29, 0.717) is 30.9 Å². The molecule has 3 aromatic rings. The molecule has 1 N–H and O–H groups in total. The van der Waals surface area contributed by atoms with Gasteiger partial charge in [0.15, 0.2) is 0 Å². The van der Waals surface area contributed by atoms with Gasteiger partial charge in [-0.25, -0.2) is 13.1 Å². The maximum Gasteiger partial charge on any atom is 0.276 e.